The van der Waals surface area contributed by atoms with Gasteiger partial charge in [-0.2, -0.15) is 0 Å². The normalized spacial score (nSPS) is 14.7. The molecule has 0 bridgehead atoms. The van der Waals surface area contributed by atoms with Crippen molar-refractivity contribution in [3.05, 3.63) is 48.0 Å². The van der Waals surface area contributed by atoms with E-state index in [9.17, 15) is 14.0 Å². The molecule has 1 aliphatic carbocycles. The summed E-state index contributed by atoms with van der Waals surface area (Å²) in [5.74, 6) is -0.587. The summed E-state index contributed by atoms with van der Waals surface area (Å²) < 4.78 is 18.6. The van der Waals surface area contributed by atoms with E-state index in [1.165, 1.54) is 17.0 Å². The Bertz CT molecular complexity index is 733. The zero-order valence-corrected chi connectivity index (χ0v) is 13.2. The van der Waals surface area contributed by atoms with Crippen molar-refractivity contribution in [1.82, 2.24) is 4.90 Å². The molecule has 0 unspecified atom stereocenters. The first-order valence-corrected chi connectivity index (χ1v) is 7.99. The zero-order chi connectivity index (χ0) is 17.1. The molecule has 6 heteroatoms. The average molecular weight is 330 g/mol. The molecular weight excluding hydrogens is 311 g/mol. The molecule has 1 saturated carbocycles. The van der Waals surface area contributed by atoms with E-state index in [2.05, 4.69) is 0 Å². The summed E-state index contributed by atoms with van der Waals surface area (Å²) >= 11 is 0. The lowest BCUT2D eigenvalue weighted by atomic mass is 10.2. The van der Waals surface area contributed by atoms with Gasteiger partial charge in [0.05, 0.1) is 0 Å². The van der Waals surface area contributed by atoms with Gasteiger partial charge in [0.2, 0.25) is 5.91 Å². The molecule has 0 saturated heterocycles. The highest BCUT2D eigenvalue weighted by atomic mass is 19.1. The van der Waals surface area contributed by atoms with Crippen molar-refractivity contribution in [2.75, 3.05) is 6.54 Å². The van der Waals surface area contributed by atoms with Gasteiger partial charge in [-0.25, -0.2) is 4.39 Å². The first kappa shape index (κ1) is 16.2. The van der Waals surface area contributed by atoms with Crippen molar-refractivity contribution in [2.24, 2.45) is 5.73 Å². The van der Waals surface area contributed by atoms with E-state index in [1.807, 2.05) is 0 Å². The van der Waals surface area contributed by atoms with Crippen LogP contribution in [0, 0.1) is 5.82 Å². The van der Waals surface area contributed by atoms with Crippen LogP contribution in [0.2, 0.25) is 0 Å². The molecule has 2 N–H and O–H groups in total. The smallest absolute Gasteiger partial charge is 0.290 e. The number of nitrogens with zero attached hydrogens (tertiary/aromatic N) is 1. The van der Waals surface area contributed by atoms with E-state index in [-0.39, 0.29) is 30.1 Å². The minimum atomic E-state index is -0.541. The largest absolute Gasteiger partial charge is 0.451 e. The number of nitrogens with two attached hydrogens (primary N) is 1. The predicted molar refractivity (Wildman–Crippen MR) is 86.6 cm³/mol. The maximum atomic E-state index is 13.0. The first-order valence-electron chi connectivity index (χ1n) is 7.99. The molecule has 1 aromatic heterocycles. The van der Waals surface area contributed by atoms with Gasteiger partial charge in [-0.1, -0.05) is 12.8 Å². The average Bonchev–Trinajstić information content (AvgIpc) is 3.24. The predicted octanol–water partition coefficient (Wildman–Crippen LogP) is 2.96. The summed E-state index contributed by atoms with van der Waals surface area (Å²) in [6.07, 6.45) is 3.80. The van der Waals surface area contributed by atoms with Crippen molar-refractivity contribution in [2.45, 2.75) is 31.7 Å². The Balaban J connectivity index is 1.82. The summed E-state index contributed by atoms with van der Waals surface area (Å²) in [4.78, 5) is 25.6. The van der Waals surface area contributed by atoms with Crippen LogP contribution in [-0.4, -0.2) is 29.3 Å². The topological polar surface area (TPSA) is 76.5 Å². The minimum Gasteiger partial charge on any atom is -0.451 e. The molecule has 126 valence electrons. The SMILES string of the molecule is NC(=O)CN(C(=O)c1ccc(-c2ccc(F)cc2)o1)C1CCCC1. The zero-order valence-electron chi connectivity index (χ0n) is 13.2. The number of hydrogen-bond acceptors (Lipinski definition) is 3. The monoisotopic (exact) mass is 330 g/mol. The quantitative estimate of drug-likeness (QED) is 0.915. The first-order chi connectivity index (χ1) is 11.5. The molecule has 2 amide bonds. The van der Waals surface area contributed by atoms with E-state index in [0.29, 0.717) is 11.3 Å². The van der Waals surface area contributed by atoms with Crippen molar-refractivity contribution in [3.8, 4) is 11.3 Å². The van der Waals surface area contributed by atoms with E-state index in [1.54, 1.807) is 24.3 Å². The van der Waals surface area contributed by atoms with Crippen LogP contribution in [0.15, 0.2) is 40.8 Å². The summed E-state index contributed by atoms with van der Waals surface area (Å²) in [6.45, 7) is -0.115. The summed E-state index contributed by atoms with van der Waals surface area (Å²) in [7, 11) is 0. The minimum absolute atomic E-state index is 0.0179. The third kappa shape index (κ3) is 3.48. The van der Waals surface area contributed by atoms with Crippen molar-refractivity contribution in [1.29, 1.82) is 0 Å². The molecular formula is C18H19FN2O3. The lowest BCUT2D eigenvalue weighted by Gasteiger charge is -2.26. The van der Waals surface area contributed by atoms with Crippen LogP contribution in [0.25, 0.3) is 11.3 Å². The van der Waals surface area contributed by atoms with Crippen molar-refractivity contribution in [3.63, 3.8) is 0 Å². The van der Waals surface area contributed by atoms with Gasteiger partial charge in [-0.05, 0) is 49.2 Å². The van der Waals surface area contributed by atoms with E-state index < -0.39 is 5.91 Å². The van der Waals surface area contributed by atoms with Crippen molar-refractivity contribution >= 4 is 11.8 Å². The Labute approximate surface area is 139 Å². The number of carbonyl (C=O) groups is 2. The number of primary amides is 1. The van der Waals surface area contributed by atoms with Gasteiger partial charge in [0.1, 0.15) is 18.1 Å². The maximum absolute atomic E-state index is 13.0. The third-order valence-corrected chi connectivity index (χ3v) is 4.30. The molecule has 3 rings (SSSR count). The lowest BCUT2D eigenvalue weighted by Crippen LogP contribution is -2.44. The molecule has 0 spiro atoms. The molecule has 5 nitrogen and oxygen atoms in total. The van der Waals surface area contributed by atoms with Crippen LogP contribution in [0.1, 0.15) is 36.2 Å². The van der Waals surface area contributed by atoms with E-state index in [0.717, 1.165) is 25.7 Å². The molecule has 1 aromatic carbocycles. The van der Waals surface area contributed by atoms with Gasteiger partial charge < -0.3 is 15.1 Å². The number of rotatable bonds is 5. The van der Waals surface area contributed by atoms with Gasteiger partial charge >= 0.3 is 0 Å². The molecule has 1 fully saturated rings. The standard InChI is InChI=1S/C18H19FN2O3/c19-13-7-5-12(6-8-13)15-9-10-16(24-15)18(23)21(11-17(20)22)14-3-1-2-4-14/h5-10,14H,1-4,11H2,(H2,20,22). The second kappa shape index (κ2) is 6.86. The second-order valence-electron chi connectivity index (χ2n) is 6.01. The number of benzene rings is 1. The Morgan fingerprint density at radius 1 is 1.12 bits per heavy atom. The van der Waals surface area contributed by atoms with Crippen LogP contribution in [0.3, 0.4) is 0 Å². The van der Waals surface area contributed by atoms with Gasteiger partial charge in [-0.15, -0.1) is 0 Å². The summed E-state index contributed by atoms with van der Waals surface area (Å²) in [6, 6.07) is 9.08. The lowest BCUT2D eigenvalue weighted by molar-refractivity contribution is -0.119. The van der Waals surface area contributed by atoms with Crippen LogP contribution in [0.5, 0.6) is 0 Å². The molecule has 0 aliphatic heterocycles. The Hall–Kier alpha value is -2.63. The molecule has 1 heterocycles. The van der Waals surface area contributed by atoms with Gasteiger partial charge in [0.25, 0.3) is 5.91 Å². The Morgan fingerprint density at radius 2 is 1.79 bits per heavy atom. The van der Waals surface area contributed by atoms with E-state index >= 15 is 0 Å². The summed E-state index contributed by atoms with van der Waals surface area (Å²) in [5.41, 5.74) is 5.97. The Kier molecular flexibility index (Phi) is 4.64. The third-order valence-electron chi connectivity index (χ3n) is 4.30. The fourth-order valence-electron chi connectivity index (χ4n) is 3.11. The summed E-state index contributed by atoms with van der Waals surface area (Å²) in [5, 5.41) is 0. The van der Waals surface area contributed by atoms with Gasteiger partial charge in [0, 0.05) is 11.6 Å². The highest BCUT2D eigenvalue weighted by Crippen LogP contribution is 2.27. The molecule has 0 radical (unpaired) electrons. The van der Waals surface area contributed by atoms with E-state index in [4.69, 9.17) is 10.2 Å². The van der Waals surface area contributed by atoms with Crippen LogP contribution in [0.4, 0.5) is 4.39 Å². The molecule has 1 aliphatic rings. The van der Waals surface area contributed by atoms with Crippen molar-refractivity contribution < 1.29 is 18.4 Å². The Morgan fingerprint density at radius 3 is 2.42 bits per heavy atom. The highest BCUT2D eigenvalue weighted by Gasteiger charge is 2.30. The van der Waals surface area contributed by atoms with Crippen LogP contribution in [-0.2, 0) is 4.79 Å². The number of hydrogen-bond donors (Lipinski definition) is 1. The number of halogens is 1. The molecule has 2 aromatic rings. The number of amides is 2. The maximum Gasteiger partial charge on any atom is 0.290 e. The van der Waals surface area contributed by atoms with Gasteiger partial charge in [0.15, 0.2) is 5.76 Å². The van der Waals surface area contributed by atoms with Crippen LogP contribution < -0.4 is 5.73 Å². The molecule has 0 atom stereocenters. The second-order valence-corrected chi connectivity index (χ2v) is 6.01. The fourth-order valence-corrected chi connectivity index (χ4v) is 3.11. The van der Waals surface area contributed by atoms with Gasteiger partial charge in [-0.3, -0.25) is 9.59 Å². The highest BCUT2D eigenvalue weighted by molar-refractivity contribution is 5.94. The number of carbonyl (C=O) groups excluding carboxylic acids is 2. The fraction of sp³-hybridized carbons (Fsp3) is 0.333. The molecule has 24 heavy (non-hydrogen) atoms. The van der Waals surface area contributed by atoms with Crippen LogP contribution >= 0.6 is 0 Å². The number of furan rings is 1.